The van der Waals surface area contributed by atoms with Crippen LogP contribution >= 0.6 is 0 Å². The third-order valence-electron chi connectivity index (χ3n) is 4.87. The Labute approximate surface area is 119 Å². The van der Waals surface area contributed by atoms with Crippen molar-refractivity contribution in [2.24, 2.45) is 11.3 Å². The van der Waals surface area contributed by atoms with Gasteiger partial charge in [0.15, 0.2) is 0 Å². The van der Waals surface area contributed by atoms with E-state index in [0.29, 0.717) is 5.41 Å². The van der Waals surface area contributed by atoms with Gasteiger partial charge in [0.2, 0.25) is 0 Å². The maximum Gasteiger partial charge on any atom is 0.0506 e. The Hall–Kier alpha value is -0.120. The maximum atomic E-state index is 5.61. The third-order valence-corrected chi connectivity index (χ3v) is 4.87. The lowest BCUT2D eigenvalue weighted by molar-refractivity contribution is 0.0309. The summed E-state index contributed by atoms with van der Waals surface area (Å²) in [6.07, 6.45) is 8.02. The second kappa shape index (κ2) is 7.61. The van der Waals surface area contributed by atoms with Gasteiger partial charge in [0.05, 0.1) is 6.61 Å². The second-order valence-electron chi connectivity index (χ2n) is 6.78. The zero-order chi connectivity index (χ0) is 13.6. The normalized spacial score (nSPS) is 27.6. The number of rotatable bonds is 6. The molecule has 1 N–H and O–H groups in total. The van der Waals surface area contributed by atoms with Gasteiger partial charge < -0.3 is 15.0 Å². The van der Waals surface area contributed by atoms with Gasteiger partial charge in [0.1, 0.15) is 0 Å². The van der Waals surface area contributed by atoms with E-state index >= 15 is 0 Å². The van der Waals surface area contributed by atoms with Crippen LogP contribution in [-0.4, -0.2) is 51.3 Å². The first kappa shape index (κ1) is 15.3. The van der Waals surface area contributed by atoms with E-state index < -0.39 is 0 Å². The summed E-state index contributed by atoms with van der Waals surface area (Å²) in [4.78, 5) is 2.58. The summed E-state index contributed by atoms with van der Waals surface area (Å²) in [5, 5.41) is 3.51. The zero-order valence-electron chi connectivity index (χ0n) is 12.9. The van der Waals surface area contributed by atoms with Crippen molar-refractivity contribution in [3.05, 3.63) is 0 Å². The fraction of sp³-hybridized carbons (Fsp3) is 1.00. The van der Waals surface area contributed by atoms with Gasteiger partial charge >= 0.3 is 0 Å². The Balaban J connectivity index is 1.81. The zero-order valence-corrected chi connectivity index (χ0v) is 12.9. The van der Waals surface area contributed by atoms with Gasteiger partial charge in [-0.2, -0.15) is 0 Å². The highest BCUT2D eigenvalue weighted by molar-refractivity contribution is 4.87. The number of ether oxygens (including phenoxy) is 1. The highest BCUT2D eigenvalue weighted by Crippen LogP contribution is 2.35. The smallest absolute Gasteiger partial charge is 0.0506 e. The van der Waals surface area contributed by atoms with E-state index in [0.717, 1.165) is 19.1 Å². The molecule has 3 heteroatoms. The molecule has 2 heterocycles. The molecule has 0 saturated carbocycles. The summed E-state index contributed by atoms with van der Waals surface area (Å²) in [6.45, 7) is 9.20. The van der Waals surface area contributed by atoms with Crippen LogP contribution in [0.3, 0.4) is 0 Å². The van der Waals surface area contributed by atoms with Gasteiger partial charge in [-0.15, -0.1) is 0 Å². The van der Waals surface area contributed by atoms with Crippen LogP contribution in [0.4, 0.5) is 0 Å². The lowest BCUT2D eigenvalue weighted by atomic mass is 9.75. The third kappa shape index (κ3) is 4.73. The molecular weight excluding hydrogens is 236 g/mol. The highest BCUT2D eigenvalue weighted by Gasteiger charge is 2.32. The molecule has 1 atom stereocenters. The lowest BCUT2D eigenvalue weighted by Crippen LogP contribution is -2.45. The van der Waals surface area contributed by atoms with Crippen LogP contribution in [0, 0.1) is 11.3 Å². The summed E-state index contributed by atoms with van der Waals surface area (Å²) >= 11 is 0. The summed E-state index contributed by atoms with van der Waals surface area (Å²) in [5.41, 5.74) is 0.574. The molecule has 2 saturated heterocycles. The summed E-state index contributed by atoms with van der Waals surface area (Å²) in [6, 6.07) is 0. The van der Waals surface area contributed by atoms with E-state index in [1.807, 2.05) is 0 Å². The molecule has 2 fully saturated rings. The molecular formula is C16H32N2O. The topological polar surface area (TPSA) is 24.5 Å². The van der Waals surface area contributed by atoms with Crippen molar-refractivity contribution in [3.63, 3.8) is 0 Å². The van der Waals surface area contributed by atoms with Crippen LogP contribution in [0.15, 0.2) is 0 Å². The molecule has 0 aromatic heterocycles. The highest BCUT2D eigenvalue weighted by atomic mass is 16.5. The molecule has 0 aromatic rings. The van der Waals surface area contributed by atoms with Crippen molar-refractivity contribution in [1.82, 2.24) is 10.2 Å². The second-order valence-corrected chi connectivity index (χ2v) is 6.78. The molecule has 0 spiro atoms. The molecule has 1 unspecified atom stereocenters. The Morgan fingerprint density at radius 1 is 1.32 bits per heavy atom. The van der Waals surface area contributed by atoms with Crippen molar-refractivity contribution in [2.45, 2.75) is 45.4 Å². The SMILES string of the molecule is CCCC1(CN(C)CC2CCCOC2)CCNCC1. The monoisotopic (exact) mass is 268 g/mol. The van der Waals surface area contributed by atoms with Crippen molar-refractivity contribution < 1.29 is 4.74 Å². The van der Waals surface area contributed by atoms with Gasteiger partial charge in [-0.3, -0.25) is 0 Å². The Morgan fingerprint density at radius 2 is 2.11 bits per heavy atom. The molecule has 0 aliphatic carbocycles. The van der Waals surface area contributed by atoms with E-state index in [1.54, 1.807) is 0 Å². The van der Waals surface area contributed by atoms with Crippen LogP contribution in [0.2, 0.25) is 0 Å². The van der Waals surface area contributed by atoms with Crippen LogP contribution < -0.4 is 5.32 Å². The molecule has 2 aliphatic rings. The summed E-state index contributed by atoms with van der Waals surface area (Å²) < 4.78 is 5.61. The predicted octanol–water partition coefficient (Wildman–Crippen LogP) is 2.51. The Bertz CT molecular complexity index is 240. The molecule has 2 aliphatic heterocycles. The predicted molar refractivity (Wildman–Crippen MR) is 80.5 cm³/mol. The lowest BCUT2D eigenvalue weighted by Gasteiger charge is -2.41. The minimum Gasteiger partial charge on any atom is -0.381 e. The van der Waals surface area contributed by atoms with Gasteiger partial charge in [-0.25, -0.2) is 0 Å². The molecule has 0 amide bonds. The average molecular weight is 268 g/mol. The van der Waals surface area contributed by atoms with Crippen molar-refractivity contribution in [3.8, 4) is 0 Å². The van der Waals surface area contributed by atoms with E-state index in [4.69, 9.17) is 4.74 Å². The maximum absolute atomic E-state index is 5.61. The first-order valence-corrected chi connectivity index (χ1v) is 8.21. The van der Waals surface area contributed by atoms with Crippen LogP contribution in [0.5, 0.6) is 0 Å². The molecule has 112 valence electrons. The number of nitrogens with zero attached hydrogens (tertiary/aromatic N) is 1. The van der Waals surface area contributed by atoms with Gasteiger partial charge in [-0.05, 0) is 63.6 Å². The van der Waals surface area contributed by atoms with Crippen molar-refractivity contribution in [2.75, 3.05) is 46.4 Å². The summed E-state index contributed by atoms with van der Waals surface area (Å²) in [7, 11) is 2.31. The van der Waals surface area contributed by atoms with Crippen molar-refractivity contribution in [1.29, 1.82) is 0 Å². The van der Waals surface area contributed by atoms with Crippen molar-refractivity contribution >= 4 is 0 Å². The minimum atomic E-state index is 0.574. The van der Waals surface area contributed by atoms with Gasteiger partial charge in [0.25, 0.3) is 0 Å². The standard InChI is InChI=1S/C16H32N2O/c1-3-6-16(7-9-17-10-8-16)14-18(2)12-15-5-4-11-19-13-15/h15,17H,3-14H2,1-2H3. The number of piperidine rings is 1. The van der Waals surface area contributed by atoms with E-state index in [1.165, 1.54) is 64.7 Å². The molecule has 2 rings (SSSR count). The molecule has 0 aromatic carbocycles. The number of nitrogens with one attached hydrogen (secondary N) is 1. The largest absolute Gasteiger partial charge is 0.381 e. The molecule has 19 heavy (non-hydrogen) atoms. The molecule has 3 nitrogen and oxygen atoms in total. The first-order chi connectivity index (χ1) is 9.24. The van der Waals surface area contributed by atoms with E-state index in [-0.39, 0.29) is 0 Å². The molecule has 0 bridgehead atoms. The quantitative estimate of drug-likeness (QED) is 0.801. The van der Waals surface area contributed by atoms with Crippen LogP contribution in [-0.2, 0) is 4.74 Å². The minimum absolute atomic E-state index is 0.574. The Morgan fingerprint density at radius 3 is 2.74 bits per heavy atom. The number of hydrogen-bond acceptors (Lipinski definition) is 3. The number of hydrogen-bond donors (Lipinski definition) is 1. The Kier molecular flexibility index (Phi) is 6.11. The molecule has 0 radical (unpaired) electrons. The fourth-order valence-corrected chi connectivity index (χ4v) is 4.00. The van der Waals surface area contributed by atoms with Crippen LogP contribution in [0.1, 0.15) is 45.4 Å². The van der Waals surface area contributed by atoms with Gasteiger partial charge in [-0.1, -0.05) is 13.3 Å². The fourth-order valence-electron chi connectivity index (χ4n) is 4.00. The van der Waals surface area contributed by atoms with Gasteiger partial charge in [0, 0.05) is 19.7 Å². The van der Waals surface area contributed by atoms with E-state index in [2.05, 4.69) is 24.2 Å². The average Bonchev–Trinajstić information content (AvgIpc) is 2.40. The summed E-state index contributed by atoms with van der Waals surface area (Å²) in [5.74, 6) is 0.763. The van der Waals surface area contributed by atoms with E-state index in [9.17, 15) is 0 Å². The first-order valence-electron chi connectivity index (χ1n) is 8.21. The van der Waals surface area contributed by atoms with Crippen LogP contribution in [0.25, 0.3) is 0 Å².